The number of allylic oxidation sites excluding steroid dienone is 18. The average Bonchev–Trinajstić information content (AvgIpc) is 0.923. The van der Waals surface area contributed by atoms with Crippen LogP contribution in [0.4, 0.5) is 0 Å². The van der Waals surface area contributed by atoms with Crippen molar-refractivity contribution in [1.82, 2.24) is 0 Å². The van der Waals surface area contributed by atoms with Gasteiger partial charge in [-0.15, -0.1) is 0 Å². The second-order valence-corrected chi connectivity index (χ2v) is 29.6. The summed E-state index contributed by atoms with van der Waals surface area (Å²) in [6.45, 7) is 4.72. The third kappa shape index (κ3) is 74.0. The van der Waals surface area contributed by atoms with Gasteiger partial charge in [-0.2, -0.15) is 0 Å². The van der Waals surface area contributed by atoms with Gasteiger partial charge in [-0.3, -0.25) is 37.3 Å². The summed E-state index contributed by atoms with van der Waals surface area (Å²) in [7, 11) is -9.98. The van der Waals surface area contributed by atoms with E-state index in [0.29, 0.717) is 32.1 Å². The summed E-state index contributed by atoms with van der Waals surface area (Å²) in [5.41, 5.74) is 0. The second-order valence-electron chi connectivity index (χ2n) is 26.7. The Morgan fingerprint density at radius 3 is 0.873 bits per heavy atom. The Hall–Kier alpha value is -4.28. The van der Waals surface area contributed by atoms with E-state index in [1.807, 2.05) is 12.2 Å². The highest BCUT2D eigenvalue weighted by Crippen LogP contribution is 2.45. The summed E-state index contributed by atoms with van der Waals surface area (Å²) < 4.78 is 68.5. The number of aliphatic hydroxyl groups excluding tert-OH is 1. The molecule has 0 bridgehead atoms. The summed E-state index contributed by atoms with van der Waals surface area (Å²) in [6, 6.07) is 0. The average molecular weight is 1480 g/mol. The van der Waals surface area contributed by atoms with E-state index in [2.05, 4.69) is 125 Å². The Bertz CT molecular complexity index is 2360. The van der Waals surface area contributed by atoms with E-state index in [1.54, 1.807) is 0 Å². The lowest BCUT2D eigenvalue weighted by molar-refractivity contribution is -0.161. The molecule has 0 aromatic rings. The maximum atomic E-state index is 13.1. The number of aliphatic hydroxyl groups is 1. The Labute approximate surface area is 619 Å². The first-order valence-electron chi connectivity index (χ1n) is 40.1. The fourth-order valence-corrected chi connectivity index (χ4v) is 12.1. The molecule has 0 aromatic heterocycles. The number of hydrogen-bond donors (Lipinski definition) is 3. The lowest BCUT2D eigenvalue weighted by Gasteiger charge is -2.21. The molecule has 0 amide bonds. The number of phosphoric acid groups is 2. The van der Waals surface area contributed by atoms with Gasteiger partial charge in [0, 0.05) is 25.7 Å². The second kappa shape index (κ2) is 75.0. The Balaban J connectivity index is 5.43. The number of hydrogen-bond acceptors (Lipinski definition) is 15. The number of esters is 4. The van der Waals surface area contributed by atoms with E-state index in [-0.39, 0.29) is 25.7 Å². The van der Waals surface area contributed by atoms with Crippen LogP contribution in [0.1, 0.15) is 336 Å². The van der Waals surface area contributed by atoms with Crippen molar-refractivity contribution in [3.05, 3.63) is 109 Å². The smallest absolute Gasteiger partial charge is 0.462 e. The monoisotopic (exact) mass is 1470 g/mol. The molecule has 0 saturated heterocycles. The molecule has 0 radical (unpaired) electrons. The Morgan fingerprint density at radius 2 is 0.520 bits per heavy atom. The van der Waals surface area contributed by atoms with Gasteiger partial charge >= 0.3 is 39.5 Å². The van der Waals surface area contributed by atoms with Crippen molar-refractivity contribution in [2.24, 2.45) is 0 Å². The molecule has 5 atom stereocenters. The van der Waals surface area contributed by atoms with Gasteiger partial charge in [0.25, 0.3) is 0 Å². The number of rotatable bonds is 75. The molecule has 0 aliphatic carbocycles. The number of ether oxygens (including phenoxy) is 4. The Morgan fingerprint density at radius 1 is 0.284 bits per heavy atom. The molecule has 2 unspecified atom stereocenters. The van der Waals surface area contributed by atoms with Gasteiger partial charge in [0.15, 0.2) is 12.2 Å². The van der Waals surface area contributed by atoms with Crippen LogP contribution in [0.3, 0.4) is 0 Å². The van der Waals surface area contributed by atoms with E-state index in [9.17, 15) is 43.2 Å². The summed E-state index contributed by atoms with van der Waals surface area (Å²) >= 11 is 0. The van der Waals surface area contributed by atoms with Crippen molar-refractivity contribution in [3.63, 3.8) is 0 Å². The molecule has 17 nitrogen and oxygen atoms in total. The lowest BCUT2D eigenvalue weighted by Crippen LogP contribution is -2.30. The first-order valence-corrected chi connectivity index (χ1v) is 43.1. The minimum atomic E-state index is -4.99. The van der Waals surface area contributed by atoms with E-state index >= 15 is 0 Å². The van der Waals surface area contributed by atoms with Gasteiger partial charge in [-0.1, -0.05) is 272 Å². The predicted molar refractivity (Wildman–Crippen MR) is 418 cm³/mol. The molecule has 0 saturated carbocycles. The molecule has 0 aromatic carbocycles. The number of phosphoric ester groups is 2. The van der Waals surface area contributed by atoms with E-state index in [4.69, 9.17) is 37.0 Å². The Kier molecular flexibility index (Phi) is 71.8. The third-order valence-corrected chi connectivity index (χ3v) is 18.6. The molecular formula is C83H144O17P2. The zero-order valence-electron chi connectivity index (χ0n) is 64.3. The highest BCUT2D eigenvalue weighted by molar-refractivity contribution is 7.47. The zero-order chi connectivity index (χ0) is 74.6. The summed E-state index contributed by atoms with van der Waals surface area (Å²) in [4.78, 5) is 73.0. The minimum Gasteiger partial charge on any atom is -0.462 e. The predicted octanol–water partition coefficient (Wildman–Crippen LogP) is 23.3. The fraction of sp³-hybridized carbons (Fsp3) is 0.735. The molecule has 0 aliphatic rings. The van der Waals surface area contributed by atoms with Crippen LogP contribution >= 0.6 is 15.6 Å². The first kappa shape index (κ1) is 97.7. The van der Waals surface area contributed by atoms with Crippen LogP contribution in [0.5, 0.6) is 0 Å². The highest BCUT2D eigenvalue weighted by atomic mass is 31.2. The van der Waals surface area contributed by atoms with Gasteiger partial charge in [0.1, 0.15) is 19.3 Å². The molecule has 0 fully saturated rings. The summed E-state index contributed by atoms with van der Waals surface area (Å²) in [6.07, 6.45) is 80.7. The van der Waals surface area contributed by atoms with Crippen molar-refractivity contribution in [1.29, 1.82) is 0 Å². The number of carbonyl (C=O) groups is 4. The molecular weight excluding hydrogens is 1330 g/mol. The molecule has 3 N–H and O–H groups in total. The number of carbonyl (C=O) groups excluding carboxylic acids is 4. The quantitative estimate of drug-likeness (QED) is 0.0128. The molecule has 19 heteroatoms. The highest BCUT2D eigenvalue weighted by Gasteiger charge is 2.30. The van der Waals surface area contributed by atoms with E-state index in [0.717, 1.165) is 148 Å². The van der Waals surface area contributed by atoms with E-state index in [1.165, 1.54) is 103 Å². The van der Waals surface area contributed by atoms with Crippen molar-refractivity contribution < 1.29 is 80.2 Å². The van der Waals surface area contributed by atoms with Crippen LogP contribution in [0.2, 0.25) is 0 Å². The van der Waals surface area contributed by atoms with Crippen LogP contribution in [-0.4, -0.2) is 96.7 Å². The van der Waals surface area contributed by atoms with Crippen LogP contribution in [0.25, 0.3) is 0 Å². The van der Waals surface area contributed by atoms with Gasteiger partial charge < -0.3 is 33.8 Å². The number of unbranched alkanes of at least 4 members (excludes halogenated alkanes) is 32. The van der Waals surface area contributed by atoms with Crippen LogP contribution < -0.4 is 0 Å². The van der Waals surface area contributed by atoms with Crippen LogP contribution in [0, 0.1) is 0 Å². The maximum absolute atomic E-state index is 13.1. The minimum absolute atomic E-state index is 0.0724. The third-order valence-electron chi connectivity index (χ3n) is 16.7. The summed E-state index contributed by atoms with van der Waals surface area (Å²) in [5, 5.41) is 10.6. The molecule has 588 valence electrons. The molecule has 0 aliphatic heterocycles. The summed E-state index contributed by atoms with van der Waals surface area (Å²) in [5.74, 6) is -2.27. The standard InChI is InChI=1S/C83H144O17P2/c1-5-9-13-17-21-25-29-33-37-38-42-44-48-52-56-60-64-68-81(86)94-74-79(100-83(88)70-66-62-58-54-50-46-41-36-32-28-24-20-16-12-8-4)76-98-102(91,92)96-72-77(84)71-95-101(89,90)97-75-78(99-82(87)69-65-61-57-53-49-45-40-35-31-27-23-19-15-11-7-3)73-93-80(85)67-63-59-55-51-47-43-39-34-30-26-22-18-14-10-6-2/h21,23,25-27,30,33-37,39-42,44,52,56,77-79,84H,5-20,22,24,28-29,31-32,38,43,45-51,53-55,57-76H2,1-4H3,(H,89,90)(H,91,92)/b25-21-,27-23-,30-26-,37-33-,39-34-,40-35-,41-36-,44-42-,56-52-/t77-,78+,79+/m0/s1. The van der Waals surface area contributed by atoms with Crippen molar-refractivity contribution in [3.8, 4) is 0 Å². The zero-order valence-corrected chi connectivity index (χ0v) is 66.0. The fourth-order valence-electron chi connectivity index (χ4n) is 10.5. The van der Waals surface area contributed by atoms with Crippen molar-refractivity contribution >= 4 is 39.5 Å². The normalized spacial score (nSPS) is 14.5. The van der Waals surface area contributed by atoms with Gasteiger partial charge in [0.2, 0.25) is 0 Å². The SMILES string of the molecule is CCCCC/C=C\C/C=C\C/C=C\C/C=C\CCCC(=O)OC[C@H](COP(=O)(O)OC[C@@H](O)COP(=O)(O)OC[C@@H](COC(=O)CCCCCCC/C=C\C=C/CCCCCC)OC(=O)CCCCCCC/C=C\C/C=C\CCCCC)OC(=O)CCCCCCC/C=C\CCCCCCCC. The molecule has 0 heterocycles. The maximum Gasteiger partial charge on any atom is 0.472 e. The van der Waals surface area contributed by atoms with Crippen molar-refractivity contribution in [2.75, 3.05) is 39.6 Å². The lowest BCUT2D eigenvalue weighted by atomic mass is 10.1. The van der Waals surface area contributed by atoms with Gasteiger partial charge in [0.05, 0.1) is 26.4 Å². The van der Waals surface area contributed by atoms with Crippen LogP contribution in [0.15, 0.2) is 109 Å². The molecule has 102 heavy (non-hydrogen) atoms. The largest absolute Gasteiger partial charge is 0.472 e. The first-order chi connectivity index (χ1) is 49.7. The van der Waals surface area contributed by atoms with E-state index < -0.39 is 97.5 Å². The van der Waals surface area contributed by atoms with Gasteiger partial charge in [-0.05, 0) is 148 Å². The topological polar surface area (TPSA) is 237 Å². The van der Waals surface area contributed by atoms with Crippen LogP contribution in [-0.2, 0) is 65.4 Å². The van der Waals surface area contributed by atoms with Gasteiger partial charge in [-0.25, -0.2) is 9.13 Å². The molecule has 0 spiro atoms. The molecule has 0 rings (SSSR count). The van der Waals surface area contributed by atoms with Crippen molar-refractivity contribution in [2.45, 2.75) is 354 Å².